The molecule has 1 heterocycles. The van der Waals surface area contributed by atoms with E-state index in [0.717, 1.165) is 10.9 Å². The number of H-pyrrole nitrogens is 1. The van der Waals surface area contributed by atoms with Crippen molar-refractivity contribution in [1.29, 1.82) is 16.1 Å². The van der Waals surface area contributed by atoms with Gasteiger partial charge in [0.25, 0.3) is 0 Å². The molecule has 1 aromatic heterocycles. The van der Waals surface area contributed by atoms with E-state index in [2.05, 4.69) is 4.98 Å². The molecule has 0 fully saturated rings. The molecule has 0 aliphatic carbocycles. The Labute approximate surface area is 198 Å². The highest BCUT2D eigenvalue weighted by Crippen LogP contribution is 2.35. The molecule has 0 amide bonds. The monoisotopic (exact) mass is 480 g/mol. The number of hydrogen-bond acceptors (Lipinski definition) is 5. The minimum absolute atomic E-state index is 0.00901. The van der Waals surface area contributed by atoms with Crippen LogP contribution in [0.1, 0.15) is 16.7 Å². The van der Waals surface area contributed by atoms with Gasteiger partial charge in [-0.2, -0.15) is 5.26 Å². The van der Waals surface area contributed by atoms with Crippen molar-refractivity contribution >= 4 is 45.9 Å². The second-order valence-corrected chi connectivity index (χ2v) is 7.89. The fourth-order valence-electron chi connectivity index (χ4n) is 3.19. The first-order valence-electron chi connectivity index (χ1n) is 9.61. The van der Waals surface area contributed by atoms with E-state index in [9.17, 15) is 0 Å². The SMILES string of the molecule is N#Cc1cc(Cl)cc(Oc2c(Cl)ccc(CC(=N)OC(=N)c3ccc4[nH]ccc4c3)c2F)c1. The van der Waals surface area contributed by atoms with Crippen molar-refractivity contribution < 1.29 is 13.9 Å². The number of halogens is 3. The van der Waals surface area contributed by atoms with Crippen LogP contribution in [-0.4, -0.2) is 16.8 Å². The number of ether oxygens (including phenoxy) is 2. The van der Waals surface area contributed by atoms with Gasteiger partial charge in [0.15, 0.2) is 17.5 Å². The standard InChI is InChI=1S/C24H15Cl2FN4O2/c25-17-7-13(12-28)8-18(11-17)32-23-19(26)3-1-15(22(23)27)10-21(29)33-24(30)16-2-4-20-14(9-16)5-6-31-20/h1-9,11,29-31H,10H2. The first-order chi connectivity index (χ1) is 15.8. The van der Waals surface area contributed by atoms with Crippen LogP contribution in [0, 0.1) is 28.0 Å². The van der Waals surface area contributed by atoms with Gasteiger partial charge in [0.1, 0.15) is 5.75 Å². The number of rotatable bonds is 5. The van der Waals surface area contributed by atoms with Gasteiger partial charge >= 0.3 is 0 Å². The summed E-state index contributed by atoms with van der Waals surface area (Å²) in [4.78, 5) is 3.06. The Hall–Kier alpha value is -3.86. The molecule has 0 spiro atoms. The van der Waals surface area contributed by atoms with E-state index < -0.39 is 5.82 Å². The Morgan fingerprint density at radius 2 is 1.88 bits per heavy atom. The molecule has 0 aliphatic heterocycles. The number of aromatic nitrogens is 1. The number of benzene rings is 3. The average Bonchev–Trinajstić information content (AvgIpc) is 3.26. The highest BCUT2D eigenvalue weighted by Gasteiger charge is 2.18. The van der Waals surface area contributed by atoms with Crippen molar-refractivity contribution in [3.05, 3.63) is 93.3 Å². The molecule has 0 unspecified atom stereocenters. The average molecular weight is 481 g/mol. The molecular formula is C24H15Cl2FN4O2. The number of aromatic amines is 1. The van der Waals surface area contributed by atoms with Gasteiger partial charge in [0.05, 0.1) is 23.1 Å². The van der Waals surface area contributed by atoms with Gasteiger partial charge in [-0.3, -0.25) is 10.8 Å². The fourth-order valence-corrected chi connectivity index (χ4v) is 3.60. The van der Waals surface area contributed by atoms with Gasteiger partial charge in [-0.25, -0.2) is 4.39 Å². The first-order valence-corrected chi connectivity index (χ1v) is 10.4. The number of nitrogens with zero attached hydrogens (tertiary/aromatic N) is 1. The van der Waals surface area contributed by atoms with Gasteiger partial charge in [0, 0.05) is 33.2 Å². The molecular weight excluding hydrogens is 466 g/mol. The summed E-state index contributed by atoms with van der Waals surface area (Å²) >= 11 is 12.1. The van der Waals surface area contributed by atoms with Crippen LogP contribution < -0.4 is 4.74 Å². The van der Waals surface area contributed by atoms with E-state index in [4.69, 9.17) is 48.8 Å². The van der Waals surface area contributed by atoms with Crippen molar-refractivity contribution in [3.8, 4) is 17.6 Å². The van der Waals surface area contributed by atoms with E-state index in [1.54, 1.807) is 18.3 Å². The molecule has 0 aliphatic rings. The minimum Gasteiger partial charge on any atom is -0.453 e. The van der Waals surface area contributed by atoms with Gasteiger partial charge in [-0.05, 0) is 48.5 Å². The van der Waals surface area contributed by atoms with Crippen molar-refractivity contribution in [2.45, 2.75) is 6.42 Å². The van der Waals surface area contributed by atoms with Crippen molar-refractivity contribution in [2.24, 2.45) is 0 Å². The maximum absolute atomic E-state index is 15.1. The lowest BCUT2D eigenvalue weighted by Gasteiger charge is -2.13. The Kier molecular flexibility index (Phi) is 6.31. The predicted molar refractivity (Wildman–Crippen MR) is 125 cm³/mol. The molecule has 0 atom stereocenters. The van der Waals surface area contributed by atoms with Crippen LogP contribution in [0.3, 0.4) is 0 Å². The van der Waals surface area contributed by atoms with E-state index >= 15 is 4.39 Å². The minimum atomic E-state index is -0.783. The zero-order valence-electron chi connectivity index (χ0n) is 16.9. The molecule has 0 radical (unpaired) electrons. The smallest absolute Gasteiger partial charge is 0.220 e. The molecule has 0 saturated carbocycles. The summed E-state index contributed by atoms with van der Waals surface area (Å²) in [6.45, 7) is 0. The van der Waals surface area contributed by atoms with Crippen LogP contribution in [-0.2, 0) is 11.2 Å². The van der Waals surface area contributed by atoms with Crippen LogP contribution in [0.5, 0.6) is 11.5 Å². The lowest BCUT2D eigenvalue weighted by molar-refractivity contribution is 0.438. The number of fused-ring (bicyclic) bond motifs is 1. The quantitative estimate of drug-likeness (QED) is 0.215. The van der Waals surface area contributed by atoms with Crippen molar-refractivity contribution in [3.63, 3.8) is 0 Å². The van der Waals surface area contributed by atoms with E-state index in [0.29, 0.717) is 5.56 Å². The summed E-state index contributed by atoms with van der Waals surface area (Å²) in [7, 11) is 0. The van der Waals surface area contributed by atoms with Gasteiger partial charge in [0.2, 0.25) is 5.90 Å². The first kappa shape index (κ1) is 22.3. The zero-order chi connectivity index (χ0) is 23.5. The van der Waals surface area contributed by atoms with Crippen LogP contribution in [0.4, 0.5) is 4.39 Å². The molecule has 33 heavy (non-hydrogen) atoms. The predicted octanol–water partition coefficient (Wildman–Crippen LogP) is 6.84. The molecule has 4 rings (SSSR count). The summed E-state index contributed by atoms with van der Waals surface area (Å²) < 4.78 is 26.0. The summed E-state index contributed by atoms with van der Waals surface area (Å²) in [6.07, 6.45) is 1.56. The Morgan fingerprint density at radius 3 is 2.67 bits per heavy atom. The summed E-state index contributed by atoms with van der Waals surface area (Å²) in [5.74, 6) is -1.45. The third kappa shape index (κ3) is 4.98. The maximum atomic E-state index is 15.1. The maximum Gasteiger partial charge on any atom is 0.220 e. The third-order valence-electron chi connectivity index (χ3n) is 4.74. The van der Waals surface area contributed by atoms with E-state index in [-0.39, 0.29) is 50.9 Å². The molecule has 4 aromatic rings. The summed E-state index contributed by atoms with van der Waals surface area (Å²) in [5, 5.41) is 26.5. The number of nitrogens with one attached hydrogen (secondary N) is 3. The topological polar surface area (TPSA) is 106 Å². The Morgan fingerprint density at radius 1 is 1.06 bits per heavy atom. The van der Waals surface area contributed by atoms with E-state index in [1.807, 2.05) is 18.2 Å². The highest BCUT2D eigenvalue weighted by molar-refractivity contribution is 6.32. The van der Waals surface area contributed by atoms with Crippen LogP contribution in [0.15, 0.2) is 60.8 Å². The zero-order valence-corrected chi connectivity index (χ0v) is 18.4. The Balaban J connectivity index is 1.51. The second-order valence-electron chi connectivity index (χ2n) is 7.05. The molecule has 0 bridgehead atoms. The molecule has 164 valence electrons. The lowest BCUT2D eigenvalue weighted by atomic mass is 10.1. The molecule has 0 saturated heterocycles. The van der Waals surface area contributed by atoms with Gasteiger partial charge in [-0.15, -0.1) is 0 Å². The van der Waals surface area contributed by atoms with Crippen LogP contribution in [0.25, 0.3) is 10.9 Å². The lowest BCUT2D eigenvalue weighted by Crippen LogP contribution is -2.15. The molecule has 6 nitrogen and oxygen atoms in total. The van der Waals surface area contributed by atoms with Crippen LogP contribution in [0.2, 0.25) is 10.0 Å². The number of nitriles is 1. The normalized spacial score (nSPS) is 10.6. The molecule has 3 aromatic carbocycles. The second kappa shape index (κ2) is 9.33. The fraction of sp³-hybridized carbons (Fsp3) is 0.0417. The summed E-state index contributed by atoms with van der Waals surface area (Å²) in [6, 6.07) is 16.2. The van der Waals surface area contributed by atoms with Crippen LogP contribution >= 0.6 is 23.2 Å². The summed E-state index contributed by atoms with van der Waals surface area (Å²) in [5.41, 5.74) is 1.74. The largest absolute Gasteiger partial charge is 0.453 e. The van der Waals surface area contributed by atoms with Crippen molar-refractivity contribution in [1.82, 2.24) is 4.98 Å². The Bertz CT molecular complexity index is 1440. The highest BCUT2D eigenvalue weighted by atomic mass is 35.5. The number of hydrogen-bond donors (Lipinski definition) is 3. The molecule has 3 N–H and O–H groups in total. The van der Waals surface area contributed by atoms with Crippen molar-refractivity contribution in [2.75, 3.05) is 0 Å². The van der Waals surface area contributed by atoms with E-state index in [1.165, 1.54) is 30.3 Å². The van der Waals surface area contributed by atoms with Gasteiger partial charge in [-0.1, -0.05) is 29.3 Å². The third-order valence-corrected chi connectivity index (χ3v) is 5.26. The van der Waals surface area contributed by atoms with Gasteiger partial charge < -0.3 is 14.5 Å². The molecule has 9 heteroatoms.